The Kier molecular flexibility index (Phi) is 7.21. The van der Waals surface area contributed by atoms with Gasteiger partial charge in [0.2, 0.25) is 0 Å². The summed E-state index contributed by atoms with van der Waals surface area (Å²) in [6, 6.07) is 20.5. The topological polar surface area (TPSA) is 36.9 Å². The second-order valence-corrected chi connectivity index (χ2v) is 6.62. The first-order chi connectivity index (χ1) is 12.8. The molecule has 4 nitrogen and oxygen atoms in total. The molecule has 2 aromatic rings. The lowest BCUT2D eigenvalue weighted by Crippen LogP contribution is -2.32. The molecule has 0 unspecified atom stereocenters. The van der Waals surface area contributed by atoms with Crippen LogP contribution in [0.1, 0.15) is 43.1 Å². The maximum atomic E-state index is 6.44. The van der Waals surface area contributed by atoms with Crippen molar-refractivity contribution in [3.63, 3.8) is 0 Å². The molecular weight excluding hydrogens is 328 g/mol. The Morgan fingerprint density at radius 1 is 0.808 bits per heavy atom. The first-order valence-electron chi connectivity index (χ1n) is 9.29. The number of rotatable bonds is 6. The van der Waals surface area contributed by atoms with E-state index in [0.29, 0.717) is 13.2 Å². The van der Waals surface area contributed by atoms with Crippen molar-refractivity contribution in [3.8, 4) is 0 Å². The summed E-state index contributed by atoms with van der Waals surface area (Å²) in [5.41, 5.74) is 2.21. The van der Waals surface area contributed by atoms with Crippen molar-refractivity contribution in [2.45, 2.75) is 44.4 Å². The molecule has 1 heterocycles. The summed E-state index contributed by atoms with van der Waals surface area (Å²) >= 11 is 0. The molecule has 1 aliphatic heterocycles. The first kappa shape index (κ1) is 19.1. The van der Waals surface area contributed by atoms with Gasteiger partial charge in [-0.2, -0.15) is 0 Å². The van der Waals surface area contributed by atoms with Crippen LogP contribution in [-0.2, 0) is 18.9 Å². The van der Waals surface area contributed by atoms with Crippen molar-refractivity contribution in [1.29, 1.82) is 0 Å². The summed E-state index contributed by atoms with van der Waals surface area (Å²) in [6.07, 6.45) is 1.14. The van der Waals surface area contributed by atoms with Gasteiger partial charge in [-0.15, -0.1) is 0 Å². The van der Waals surface area contributed by atoms with Crippen molar-refractivity contribution in [2.75, 3.05) is 20.3 Å². The van der Waals surface area contributed by atoms with E-state index in [1.807, 2.05) is 36.4 Å². The van der Waals surface area contributed by atoms with Crippen LogP contribution < -0.4 is 0 Å². The van der Waals surface area contributed by atoms with Gasteiger partial charge >= 0.3 is 0 Å². The van der Waals surface area contributed by atoms with Crippen molar-refractivity contribution in [3.05, 3.63) is 71.8 Å². The van der Waals surface area contributed by atoms with E-state index >= 15 is 0 Å². The predicted molar refractivity (Wildman–Crippen MR) is 101 cm³/mol. The molecule has 0 saturated carbocycles. The minimum Gasteiger partial charge on any atom is -0.382 e. The fourth-order valence-corrected chi connectivity index (χ4v) is 3.24. The molecule has 0 bridgehead atoms. The number of methoxy groups -OCH3 is 1. The SMILES string of the molecule is COCCO[C@H]1CC[C@@H](C)O[C@H](c2ccccc2)[C@@H](c2ccccc2)O1. The van der Waals surface area contributed by atoms with Crippen LogP contribution in [0.15, 0.2) is 60.7 Å². The molecule has 0 N–H and O–H groups in total. The van der Waals surface area contributed by atoms with Gasteiger partial charge in [-0.3, -0.25) is 0 Å². The molecule has 4 atom stereocenters. The number of ether oxygens (including phenoxy) is 4. The minimum atomic E-state index is -0.270. The lowest BCUT2D eigenvalue weighted by molar-refractivity contribution is -0.231. The molecule has 1 fully saturated rings. The Balaban J connectivity index is 1.89. The van der Waals surface area contributed by atoms with Crippen molar-refractivity contribution in [1.82, 2.24) is 0 Å². The maximum absolute atomic E-state index is 6.44. The third kappa shape index (κ3) is 5.15. The lowest BCUT2D eigenvalue weighted by Gasteiger charge is -2.36. The van der Waals surface area contributed by atoms with Crippen LogP contribution in [0.25, 0.3) is 0 Å². The molecule has 0 amide bonds. The molecule has 0 radical (unpaired) electrons. The van der Waals surface area contributed by atoms with Gasteiger partial charge in [0.1, 0.15) is 12.2 Å². The van der Waals surface area contributed by atoms with Crippen LogP contribution in [0.3, 0.4) is 0 Å². The summed E-state index contributed by atoms with van der Waals surface area (Å²) in [6.45, 7) is 3.20. The molecule has 1 saturated heterocycles. The fourth-order valence-electron chi connectivity index (χ4n) is 3.24. The van der Waals surface area contributed by atoms with E-state index in [4.69, 9.17) is 18.9 Å². The zero-order valence-electron chi connectivity index (χ0n) is 15.5. The van der Waals surface area contributed by atoms with Gasteiger partial charge < -0.3 is 18.9 Å². The number of hydrogen-bond acceptors (Lipinski definition) is 4. The van der Waals surface area contributed by atoms with Crippen LogP contribution in [-0.4, -0.2) is 32.7 Å². The Morgan fingerprint density at radius 3 is 1.96 bits per heavy atom. The molecule has 4 heteroatoms. The van der Waals surface area contributed by atoms with Gasteiger partial charge in [0.15, 0.2) is 6.29 Å². The van der Waals surface area contributed by atoms with Gasteiger partial charge in [-0.1, -0.05) is 60.7 Å². The van der Waals surface area contributed by atoms with E-state index in [2.05, 4.69) is 31.2 Å². The fraction of sp³-hybridized carbons (Fsp3) is 0.455. The highest BCUT2D eigenvalue weighted by Gasteiger charge is 2.33. The minimum absolute atomic E-state index is 0.129. The van der Waals surface area contributed by atoms with E-state index in [-0.39, 0.29) is 24.6 Å². The highest BCUT2D eigenvalue weighted by atomic mass is 16.7. The Labute approximate surface area is 156 Å². The molecule has 2 aromatic carbocycles. The normalized spacial score (nSPS) is 26.8. The van der Waals surface area contributed by atoms with E-state index in [1.54, 1.807) is 7.11 Å². The van der Waals surface area contributed by atoms with E-state index in [9.17, 15) is 0 Å². The number of hydrogen-bond donors (Lipinski definition) is 0. The predicted octanol–water partition coefficient (Wildman–Crippen LogP) is 4.67. The molecule has 0 aromatic heterocycles. The van der Waals surface area contributed by atoms with Crippen LogP contribution in [0.4, 0.5) is 0 Å². The van der Waals surface area contributed by atoms with Crippen molar-refractivity contribution in [2.24, 2.45) is 0 Å². The monoisotopic (exact) mass is 356 g/mol. The quantitative estimate of drug-likeness (QED) is 0.705. The molecule has 140 valence electrons. The van der Waals surface area contributed by atoms with Crippen LogP contribution >= 0.6 is 0 Å². The van der Waals surface area contributed by atoms with Gasteiger partial charge in [-0.25, -0.2) is 0 Å². The van der Waals surface area contributed by atoms with Crippen LogP contribution in [0.5, 0.6) is 0 Å². The summed E-state index contributed by atoms with van der Waals surface area (Å²) < 4.78 is 23.9. The number of benzene rings is 2. The molecule has 1 aliphatic rings. The summed E-state index contributed by atoms with van der Waals surface area (Å²) in [4.78, 5) is 0. The third-order valence-electron chi connectivity index (χ3n) is 4.61. The van der Waals surface area contributed by atoms with Crippen molar-refractivity contribution >= 4 is 0 Å². The van der Waals surface area contributed by atoms with Gasteiger partial charge in [-0.05, 0) is 24.5 Å². The highest BCUT2D eigenvalue weighted by Crippen LogP contribution is 2.39. The molecule has 3 rings (SSSR count). The average Bonchev–Trinajstić information content (AvgIpc) is 2.68. The Morgan fingerprint density at radius 2 is 1.38 bits per heavy atom. The summed E-state index contributed by atoms with van der Waals surface area (Å²) in [5.74, 6) is 0. The Hall–Kier alpha value is -1.72. The Bertz CT molecular complexity index is 631. The highest BCUT2D eigenvalue weighted by molar-refractivity contribution is 5.25. The summed E-state index contributed by atoms with van der Waals surface area (Å²) in [7, 11) is 1.68. The smallest absolute Gasteiger partial charge is 0.158 e. The molecular formula is C22H28O4. The van der Waals surface area contributed by atoms with Crippen molar-refractivity contribution < 1.29 is 18.9 Å². The molecule has 26 heavy (non-hydrogen) atoms. The van der Waals surface area contributed by atoms with E-state index in [1.165, 1.54) is 0 Å². The van der Waals surface area contributed by atoms with E-state index < -0.39 is 0 Å². The molecule has 0 spiro atoms. The van der Waals surface area contributed by atoms with Crippen LogP contribution in [0, 0.1) is 0 Å². The largest absolute Gasteiger partial charge is 0.382 e. The zero-order chi connectivity index (χ0) is 18.2. The van der Waals surface area contributed by atoms with E-state index in [0.717, 1.165) is 24.0 Å². The first-order valence-corrected chi connectivity index (χ1v) is 9.29. The van der Waals surface area contributed by atoms with Crippen LogP contribution in [0.2, 0.25) is 0 Å². The van der Waals surface area contributed by atoms with Gasteiger partial charge in [0.25, 0.3) is 0 Å². The zero-order valence-corrected chi connectivity index (χ0v) is 15.5. The molecule has 0 aliphatic carbocycles. The second-order valence-electron chi connectivity index (χ2n) is 6.62. The third-order valence-corrected chi connectivity index (χ3v) is 4.61. The van der Waals surface area contributed by atoms with Gasteiger partial charge in [0, 0.05) is 13.5 Å². The second kappa shape index (κ2) is 9.83. The lowest BCUT2D eigenvalue weighted by atomic mass is 9.96. The summed E-state index contributed by atoms with van der Waals surface area (Å²) in [5, 5.41) is 0. The van der Waals surface area contributed by atoms with Gasteiger partial charge in [0.05, 0.1) is 19.3 Å². The average molecular weight is 356 g/mol. The standard InChI is InChI=1S/C22H28O4/c1-17-13-14-20(24-16-15-23-2)26-22(19-11-7-4-8-12-19)21(25-17)18-9-5-3-6-10-18/h3-12,17,20-22H,13-16H2,1-2H3/t17-,20-,21-,22-/m1/s1. The maximum Gasteiger partial charge on any atom is 0.158 e.